The van der Waals surface area contributed by atoms with Gasteiger partial charge in [0, 0.05) is 25.6 Å². The molecule has 1 unspecified atom stereocenters. The fraction of sp³-hybridized carbons (Fsp3) is 0.529. The number of carbonyl (C=O) groups is 2. The summed E-state index contributed by atoms with van der Waals surface area (Å²) in [5.74, 6) is -0.733. The summed E-state index contributed by atoms with van der Waals surface area (Å²) in [7, 11) is 0. The van der Waals surface area contributed by atoms with Crippen LogP contribution >= 0.6 is 0 Å². The summed E-state index contributed by atoms with van der Waals surface area (Å²) in [6.07, 6.45) is 1.75. The van der Waals surface area contributed by atoms with Gasteiger partial charge in [-0.2, -0.15) is 0 Å². The van der Waals surface area contributed by atoms with Crippen molar-refractivity contribution < 1.29 is 24.2 Å². The largest absolute Gasteiger partial charge is 0.478 e. The number of carbonyl (C=O) groups excluding carboxylic acids is 1. The van der Waals surface area contributed by atoms with Crippen molar-refractivity contribution in [3.05, 3.63) is 35.4 Å². The van der Waals surface area contributed by atoms with Crippen LogP contribution in [-0.4, -0.2) is 54.6 Å². The Labute approximate surface area is 140 Å². The average Bonchev–Trinajstić information content (AvgIpc) is 3.15. The molecule has 2 fully saturated rings. The van der Waals surface area contributed by atoms with Gasteiger partial charge in [-0.3, -0.25) is 0 Å². The first-order valence-corrected chi connectivity index (χ1v) is 8.21. The number of ether oxygens (including phenoxy) is 2. The molecule has 2 amide bonds. The van der Waals surface area contributed by atoms with Crippen molar-refractivity contribution >= 4 is 12.0 Å². The predicted octanol–water partition coefficient (Wildman–Crippen LogP) is 1.68. The first kappa shape index (κ1) is 16.7. The number of piperidine rings is 1. The van der Waals surface area contributed by atoms with E-state index >= 15 is 0 Å². The molecule has 7 nitrogen and oxygen atoms in total. The van der Waals surface area contributed by atoms with Crippen LogP contribution in [0.3, 0.4) is 0 Å². The Morgan fingerprint density at radius 2 is 1.92 bits per heavy atom. The molecule has 2 N–H and O–H groups in total. The van der Waals surface area contributed by atoms with Gasteiger partial charge in [0.2, 0.25) is 0 Å². The Morgan fingerprint density at radius 3 is 2.58 bits per heavy atom. The Hall–Kier alpha value is -2.12. The fourth-order valence-electron chi connectivity index (χ4n) is 3.12. The molecule has 7 heteroatoms. The monoisotopic (exact) mass is 334 g/mol. The quantitative estimate of drug-likeness (QED) is 0.875. The highest BCUT2D eigenvalue weighted by molar-refractivity contribution is 5.87. The van der Waals surface area contributed by atoms with E-state index in [4.69, 9.17) is 14.6 Å². The van der Waals surface area contributed by atoms with Crippen molar-refractivity contribution in [1.82, 2.24) is 10.2 Å². The van der Waals surface area contributed by atoms with Crippen molar-refractivity contribution in [2.75, 3.05) is 26.3 Å². The predicted molar refractivity (Wildman–Crippen MR) is 85.6 cm³/mol. The molecule has 0 radical (unpaired) electrons. The van der Waals surface area contributed by atoms with Gasteiger partial charge in [-0.05, 0) is 30.5 Å². The molecule has 0 saturated carbocycles. The van der Waals surface area contributed by atoms with Gasteiger partial charge in [-0.25, -0.2) is 9.59 Å². The Balaban J connectivity index is 1.49. The maximum Gasteiger partial charge on any atom is 0.335 e. The number of nitrogens with one attached hydrogen (secondary N) is 1. The Morgan fingerprint density at radius 1 is 1.21 bits per heavy atom. The molecule has 24 heavy (non-hydrogen) atoms. The van der Waals surface area contributed by atoms with Crippen LogP contribution in [0.25, 0.3) is 0 Å². The van der Waals surface area contributed by atoms with Gasteiger partial charge < -0.3 is 24.8 Å². The number of hydrogen-bond acceptors (Lipinski definition) is 4. The van der Waals surface area contributed by atoms with Gasteiger partial charge in [-0.15, -0.1) is 0 Å². The number of hydrogen-bond donors (Lipinski definition) is 2. The summed E-state index contributed by atoms with van der Waals surface area (Å²) in [5.41, 5.74) is 1.10. The molecule has 2 heterocycles. The molecule has 0 spiro atoms. The van der Waals surface area contributed by atoms with E-state index in [0.29, 0.717) is 26.3 Å². The third kappa shape index (κ3) is 4.04. The first-order valence-electron chi connectivity index (χ1n) is 8.21. The average molecular weight is 334 g/mol. The number of carboxylic acid groups (broad SMARTS) is 1. The molecule has 2 saturated heterocycles. The second-order valence-corrected chi connectivity index (χ2v) is 6.12. The number of aromatic carboxylic acids is 1. The molecule has 3 rings (SSSR count). The maximum atomic E-state index is 12.3. The highest BCUT2D eigenvalue weighted by Gasteiger charge is 2.32. The van der Waals surface area contributed by atoms with Crippen LogP contribution < -0.4 is 5.32 Å². The van der Waals surface area contributed by atoms with Crippen LogP contribution in [0.5, 0.6) is 0 Å². The van der Waals surface area contributed by atoms with Crippen molar-refractivity contribution in [1.29, 1.82) is 0 Å². The van der Waals surface area contributed by atoms with E-state index in [-0.39, 0.29) is 23.8 Å². The van der Waals surface area contributed by atoms with Crippen LogP contribution in [0.1, 0.15) is 28.8 Å². The van der Waals surface area contributed by atoms with Crippen LogP contribution in [0.4, 0.5) is 4.79 Å². The lowest BCUT2D eigenvalue weighted by Crippen LogP contribution is -2.47. The molecule has 0 aromatic heterocycles. The summed E-state index contributed by atoms with van der Waals surface area (Å²) < 4.78 is 11.1. The van der Waals surface area contributed by atoms with Gasteiger partial charge >= 0.3 is 12.0 Å². The molecule has 1 atom stereocenters. The zero-order chi connectivity index (χ0) is 16.9. The van der Waals surface area contributed by atoms with Crippen molar-refractivity contribution in [3.63, 3.8) is 0 Å². The van der Waals surface area contributed by atoms with Gasteiger partial charge in [0.15, 0.2) is 6.29 Å². The van der Waals surface area contributed by atoms with Crippen molar-refractivity contribution in [2.24, 2.45) is 5.92 Å². The lowest BCUT2D eigenvalue weighted by atomic mass is 9.98. The number of rotatable bonds is 4. The molecular formula is C17H22N2O5. The minimum absolute atomic E-state index is 0.111. The highest BCUT2D eigenvalue weighted by Crippen LogP contribution is 2.24. The second-order valence-electron chi connectivity index (χ2n) is 6.12. The summed E-state index contributed by atoms with van der Waals surface area (Å²) in [6, 6.07) is 6.39. The topological polar surface area (TPSA) is 88.1 Å². The summed E-state index contributed by atoms with van der Waals surface area (Å²) in [5, 5.41) is 11.8. The lowest BCUT2D eigenvalue weighted by Gasteiger charge is -2.34. The summed E-state index contributed by atoms with van der Waals surface area (Å²) >= 11 is 0. The Bertz CT molecular complexity index is 583. The van der Waals surface area contributed by atoms with Crippen molar-refractivity contribution in [3.8, 4) is 0 Å². The van der Waals surface area contributed by atoms with Gasteiger partial charge in [0.25, 0.3) is 0 Å². The van der Waals surface area contributed by atoms with E-state index in [1.54, 1.807) is 17.0 Å². The molecule has 2 aliphatic heterocycles. The third-order valence-corrected chi connectivity index (χ3v) is 4.42. The highest BCUT2D eigenvalue weighted by atomic mass is 16.7. The van der Waals surface area contributed by atoms with E-state index in [1.165, 1.54) is 12.1 Å². The van der Waals surface area contributed by atoms with Crippen molar-refractivity contribution in [2.45, 2.75) is 25.7 Å². The zero-order valence-corrected chi connectivity index (χ0v) is 13.4. The molecule has 2 aliphatic rings. The second kappa shape index (κ2) is 7.63. The molecule has 1 aromatic carbocycles. The summed E-state index contributed by atoms with van der Waals surface area (Å²) in [4.78, 5) is 25.0. The van der Waals surface area contributed by atoms with E-state index in [9.17, 15) is 9.59 Å². The maximum absolute atomic E-state index is 12.3. The molecule has 0 bridgehead atoms. The third-order valence-electron chi connectivity index (χ3n) is 4.42. The van der Waals surface area contributed by atoms with Crippen LogP contribution in [0, 0.1) is 5.92 Å². The van der Waals surface area contributed by atoms with Crippen LogP contribution in [0.2, 0.25) is 0 Å². The van der Waals surface area contributed by atoms with Gasteiger partial charge in [-0.1, -0.05) is 12.1 Å². The number of likely N-dealkylation sites (tertiary alicyclic amines) is 1. The standard InChI is InChI=1S/C17H22N2O5/c20-15(21)13-5-3-12(4-6-13)10-18-17(22)19-7-1-2-14(11-19)16-23-8-9-24-16/h3-6,14,16H,1-2,7-11H2,(H,18,22)(H,20,21). The normalized spacial score (nSPS) is 21.7. The first-order chi connectivity index (χ1) is 11.6. The minimum atomic E-state index is -0.957. The molecular weight excluding hydrogens is 312 g/mol. The molecule has 130 valence electrons. The van der Waals surface area contributed by atoms with E-state index < -0.39 is 5.97 Å². The molecule has 0 aliphatic carbocycles. The smallest absolute Gasteiger partial charge is 0.335 e. The van der Waals surface area contributed by atoms with Crippen LogP contribution in [0.15, 0.2) is 24.3 Å². The van der Waals surface area contributed by atoms with E-state index in [0.717, 1.165) is 24.9 Å². The number of benzene rings is 1. The Kier molecular flexibility index (Phi) is 5.32. The van der Waals surface area contributed by atoms with Gasteiger partial charge in [0.1, 0.15) is 0 Å². The lowest BCUT2D eigenvalue weighted by molar-refractivity contribution is -0.0963. The minimum Gasteiger partial charge on any atom is -0.478 e. The van der Waals surface area contributed by atoms with Crippen LogP contribution in [-0.2, 0) is 16.0 Å². The number of nitrogens with zero attached hydrogens (tertiary/aromatic N) is 1. The number of urea groups is 1. The number of amides is 2. The SMILES string of the molecule is O=C(O)c1ccc(CNC(=O)N2CCCC(C3OCCO3)C2)cc1. The fourth-order valence-corrected chi connectivity index (χ4v) is 3.12. The summed E-state index contributed by atoms with van der Waals surface area (Å²) in [6.45, 7) is 2.98. The number of carboxylic acids is 1. The molecule has 1 aromatic rings. The zero-order valence-electron chi connectivity index (χ0n) is 13.4. The van der Waals surface area contributed by atoms with E-state index in [2.05, 4.69) is 5.32 Å². The van der Waals surface area contributed by atoms with E-state index in [1.807, 2.05) is 0 Å². The van der Waals surface area contributed by atoms with Gasteiger partial charge in [0.05, 0.1) is 18.8 Å².